The molecule has 3 aromatic heterocycles. The van der Waals surface area contributed by atoms with Crippen molar-refractivity contribution in [2.45, 2.75) is 34.2 Å². The fourth-order valence-corrected chi connectivity index (χ4v) is 3.63. The maximum absolute atomic E-state index is 12.6. The summed E-state index contributed by atoms with van der Waals surface area (Å²) in [6.45, 7) is 7.22. The molecule has 0 atom stereocenters. The summed E-state index contributed by atoms with van der Waals surface area (Å²) in [5, 5.41) is 12.3. The first-order chi connectivity index (χ1) is 16.3. The van der Waals surface area contributed by atoms with Crippen molar-refractivity contribution < 1.29 is 18.7 Å². The number of esters is 1. The summed E-state index contributed by atoms with van der Waals surface area (Å²) in [7, 11) is 0. The van der Waals surface area contributed by atoms with Gasteiger partial charge in [0, 0.05) is 5.69 Å². The number of carbonyl (C=O) groups is 2. The number of hydrogen-bond donors (Lipinski definition) is 1. The van der Waals surface area contributed by atoms with E-state index in [1.807, 2.05) is 33.8 Å². The van der Waals surface area contributed by atoms with E-state index in [1.165, 1.54) is 0 Å². The number of nitrogens with zero attached hydrogens (tertiary/aromatic N) is 4. The summed E-state index contributed by atoms with van der Waals surface area (Å²) < 4.78 is 12.4. The lowest BCUT2D eigenvalue weighted by molar-refractivity contribution is -0.119. The third-order valence-electron chi connectivity index (χ3n) is 5.74. The van der Waals surface area contributed by atoms with Crippen LogP contribution in [0.5, 0.6) is 0 Å². The fraction of sp³-hybridized carbons (Fsp3) is 0.240. The maximum atomic E-state index is 12.6. The molecule has 9 heteroatoms. The zero-order chi connectivity index (χ0) is 24.4. The molecule has 0 spiro atoms. The molecule has 1 aromatic carbocycles. The van der Waals surface area contributed by atoms with Crippen molar-refractivity contribution in [2.24, 2.45) is 0 Å². The molecule has 0 bridgehead atoms. The van der Waals surface area contributed by atoms with Crippen molar-refractivity contribution in [3.63, 3.8) is 0 Å². The number of amides is 1. The number of rotatable bonds is 6. The monoisotopic (exact) mass is 457 g/mol. The van der Waals surface area contributed by atoms with Crippen molar-refractivity contribution in [3.05, 3.63) is 76.1 Å². The number of ether oxygens (including phenoxy) is 1. The molecule has 0 saturated heterocycles. The molecule has 9 nitrogen and oxygen atoms in total. The minimum absolute atomic E-state index is 0.267. The summed E-state index contributed by atoms with van der Waals surface area (Å²) in [6.07, 6.45) is 1.56. The third kappa shape index (κ3) is 4.38. The van der Waals surface area contributed by atoms with Gasteiger partial charge in [-0.3, -0.25) is 4.79 Å². The van der Waals surface area contributed by atoms with E-state index in [9.17, 15) is 14.9 Å². The van der Waals surface area contributed by atoms with E-state index in [2.05, 4.69) is 21.4 Å². The Morgan fingerprint density at radius 1 is 1.12 bits per heavy atom. The number of nitrogens with one attached hydrogen (secondary N) is 1. The first-order valence-corrected chi connectivity index (χ1v) is 10.6. The Bertz CT molecular complexity index is 1440. The molecule has 4 rings (SSSR count). The number of furan rings is 1. The van der Waals surface area contributed by atoms with Gasteiger partial charge in [0.15, 0.2) is 6.61 Å². The number of aromatic nitrogens is 3. The van der Waals surface area contributed by atoms with Gasteiger partial charge in [0.05, 0.1) is 46.4 Å². The number of nitriles is 1. The molecule has 0 aliphatic heterocycles. The summed E-state index contributed by atoms with van der Waals surface area (Å²) in [6, 6.07) is 10.6. The van der Waals surface area contributed by atoms with Crippen LogP contribution in [0.4, 0.5) is 5.82 Å². The third-order valence-corrected chi connectivity index (χ3v) is 5.74. The standard InChI is InChI=1S/C25H23N5O4/c1-14-17(4)30(12-19-6-5-9-33-19)24(20(14)11-26)29-23(31)13-34-25(32)18-7-8-21-22(10-18)28-16(3)15(2)27-21/h5-10H,12-13H2,1-4H3,(H,29,31). The molecule has 0 radical (unpaired) electrons. The van der Waals surface area contributed by atoms with Crippen LogP contribution in [0.3, 0.4) is 0 Å². The van der Waals surface area contributed by atoms with Crippen LogP contribution in [-0.2, 0) is 16.1 Å². The Balaban J connectivity index is 1.48. The highest BCUT2D eigenvalue weighted by molar-refractivity contribution is 5.97. The van der Waals surface area contributed by atoms with Gasteiger partial charge in [-0.25, -0.2) is 14.8 Å². The van der Waals surface area contributed by atoms with Crippen molar-refractivity contribution in [2.75, 3.05) is 11.9 Å². The van der Waals surface area contributed by atoms with Crippen LogP contribution in [-0.4, -0.2) is 33.0 Å². The number of anilines is 1. The maximum Gasteiger partial charge on any atom is 0.338 e. The van der Waals surface area contributed by atoms with Crippen molar-refractivity contribution in [1.82, 2.24) is 14.5 Å². The van der Waals surface area contributed by atoms with Gasteiger partial charge in [0.25, 0.3) is 5.91 Å². The molecule has 0 aliphatic carbocycles. The van der Waals surface area contributed by atoms with Crippen LogP contribution in [0.25, 0.3) is 11.0 Å². The van der Waals surface area contributed by atoms with E-state index < -0.39 is 18.5 Å². The lowest BCUT2D eigenvalue weighted by Gasteiger charge is -2.12. The molecule has 3 heterocycles. The molecular formula is C25H23N5O4. The van der Waals surface area contributed by atoms with Gasteiger partial charge in [-0.1, -0.05) is 0 Å². The smallest absolute Gasteiger partial charge is 0.338 e. The molecular weight excluding hydrogens is 434 g/mol. The number of fused-ring (bicyclic) bond motifs is 1. The molecule has 0 aliphatic rings. The lowest BCUT2D eigenvalue weighted by Crippen LogP contribution is -2.23. The number of benzene rings is 1. The topological polar surface area (TPSA) is 123 Å². The van der Waals surface area contributed by atoms with Gasteiger partial charge in [0.1, 0.15) is 17.6 Å². The van der Waals surface area contributed by atoms with E-state index in [1.54, 1.807) is 35.1 Å². The largest absolute Gasteiger partial charge is 0.467 e. The summed E-state index contributed by atoms with van der Waals surface area (Å²) in [4.78, 5) is 34.1. The second kappa shape index (κ2) is 9.19. The van der Waals surface area contributed by atoms with Crippen LogP contribution >= 0.6 is 0 Å². The first-order valence-electron chi connectivity index (χ1n) is 10.6. The van der Waals surface area contributed by atoms with E-state index in [-0.39, 0.29) is 5.56 Å². The van der Waals surface area contributed by atoms with Gasteiger partial charge >= 0.3 is 5.97 Å². The van der Waals surface area contributed by atoms with Crippen LogP contribution < -0.4 is 5.32 Å². The molecule has 34 heavy (non-hydrogen) atoms. The second-order valence-electron chi connectivity index (χ2n) is 7.93. The highest BCUT2D eigenvalue weighted by atomic mass is 16.5. The minimum atomic E-state index is -0.657. The molecule has 4 aromatic rings. The Hall–Kier alpha value is -4.45. The van der Waals surface area contributed by atoms with Crippen LogP contribution in [0, 0.1) is 39.0 Å². The zero-order valence-electron chi connectivity index (χ0n) is 19.3. The SMILES string of the molecule is Cc1nc2ccc(C(=O)OCC(=O)Nc3c(C#N)c(C)c(C)n3Cc3ccco3)cc2nc1C. The molecule has 0 saturated carbocycles. The average Bonchev–Trinajstić information content (AvgIpc) is 3.41. The van der Waals surface area contributed by atoms with Crippen LogP contribution in [0.2, 0.25) is 0 Å². The van der Waals surface area contributed by atoms with Gasteiger partial charge in [0.2, 0.25) is 0 Å². The van der Waals surface area contributed by atoms with E-state index in [0.29, 0.717) is 34.7 Å². The molecule has 0 fully saturated rings. The quantitative estimate of drug-likeness (QED) is 0.435. The molecule has 172 valence electrons. The predicted octanol–water partition coefficient (Wildman–Crippen LogP) is 3.97. The average molecular weight is 457 g/mol. The van der Waals surface area contributed by atoms with E-state index >= 15 is 0 Å². The summed E-state index contributed by atoms with van der Waals surface area (Å²) in [5.74, 6) is -0.206. The Kier molecular flexibility index (Phi) is 6.15. The van der Waals surface area contributed by atoms with Gasteiger partial charge in [-0.05, 0) is 63.6 Å². The summed E-state index contributed by atoms with van der Waals surface area (Å²) in [5.41, 5.74) is 5.03. The second-order valence-corrected chi connectivity index (χ2v) is 7.93. The Morgan fingerprint density at radius 2 is 1.85 bits per heavy atom. The van der Waals surface area contributed by atoms with Gasteiger partial charge in [-0.2, -0.15) is 5.26 Å². The normalized spacial score (nSPS) is 10.8. The predicted molar refractivity (Wildman–Crippen MR) is 124 cm³/mol. The minimum Gasteiger partial charge on any atom is -0.467 e. The number of hydrogen-bond acceptors (Lipinski definition) is 7. The highest BCUT2D eigenvalue weighted by Gasteiger charge is 2.21. The van der Waals surface area contributed by atoms with E-state index in [4.69, 9.17) is 9.15 Å². The zero-order valence-corrected chi connectivity index (χ0v) is 19.3. The molecule has 0 unspecified atom stereocenters. The first kappa shape index (κ1) is 22.7. The van der Waals surface area contributed by atoms with Crippen molar-refractivity contribution in [1.29, 1.82) is 5.26 Å². The molecule has 1 N–H and O–H groups in total. The molecule has 1 amide bonds. The van der Waals surface area contributed by atoms with E-state index in [0.717, 1.165) is 22.6 Å². The highest BCUT2D eigenvalue weighted by Crippen LogP contribution is 2.27. The number of aryl methyl sites for hydroxylation is 2. The summed E-state index contributed by atoms with van der Waals surface area (Å²) >= 11 is 0. The fourth-order valence-electron chi connectivity index (χ4n) is 3.63. The van der Waals surface area contributed by atoms with Crippen molar-refractivity contribution >= 4 is 28.7 Å². The lowest BCUT2D eigenvalue weighted by atomic mass is 10.2. The Morgan fingerprint density at radius 3 is 2.53 bits per heavy atom. The van der Waals surface area contributed by atoms with Gasteiger partial charge in [-0.15, -0.1) is 0 Å². The van der Waals surface area contributed by atoms with Crippen LogP contribution in [0.15, 0.2) is 41.0 Å². The van der Waals surface area contributed by atoms with Crippen molar-refractivity contribution in [3.8, 4) is 6.07 Å². The number of carbonyl (C=O) groups excluding carboxylic acids is 2. The van der Waals surface area contributed by atoms with Crippen LogP contribution in [0.1, 0.15) is 44.3 Å². The van der Waals surface area contributed by atoms with Gasteiger partial charge < -0.3 is 19.0 Å². The Labute approximate surface area is 196 Å².